The number of urea groups is 1. The molecule has 0 aliphatic heterocycles. The van der Waals surface area contributed by atoms with Crippen LogP contribution in [0.25, 0.3) is 10.8 Å². The Hall–Kier alpha value is -6.45. The van der Waals surface area contributed by atoms with Crippen molar-refractivity contribution in [1.29, 1.82) is 0 Å². The van der Waals surface area contributed by atoms with Crippen molar-refractivity contribution in [2.24, 2.45) is 0 Å². The first-order valence-electron chi connectivity index (χ1n) is 17.9. The lowest BCUT2D eigenvalue weighted by atomic mass is 9.86. The van der Waals surface area contributed by atoms with Gasteiger partial charge in [-0.25, -0.2) is 18.2 Å². The molecule has 2 heterocycles. The molecule has 0 bridgehead atoms. The van der Waals surface area contributed by atoms with Gasteiger partial charge in [-0.2, -0.15) is 0 Å². The molecule has 0 saturated heterocycles. The summed E-state index contributed by atoms with van der Waals surface area (Å²) >= 11 is 0. The first kappa shape index (κ1) is 40.2. The number of ether oxygens (including phenoxy) is 5. The monoisotopic (exact) mass is 795 g/mol. The molecule has 0 saturated carbocycles. The van der Waals surface area contributed by atoms with Crippen LogP contribution in [0.1, 0.15) is 32.1 Å². The number of carbonyl (C=O) groups excluding carboxylic acids is 1. The third-order valence-corrected chi connectivity index (χ3v) is 9.09. The van der Waals surface area contributed by atoms with Crippen molar-refractivity contribution in [2.75, 3.05) is 54.4 Å². The molecule has 0 radical (unpaired) electrons. The Bertz CT molecular complexity index is 2450. The third-order valence-electron chi connectivity index (χ3n) is 8.50. The molecule has 4 N–H and O–H groups in total. The molecule has 0 aliphatic rings. The minimum Gasteiger partial charge on any atom is -0.497 e. The van der Waals surface area contributed by atoms with Crippen LogP contribution in [0.5, 0.6) is 28.7 Å². The van der Waals surface area contributed by atoms with Crippen LogP contribution in [0, 0.1) is 0 Å². The van der Waals surface area contributed by atoms with Gasteiger partial charge in [0.1, 0.15) is 47.8 Å². The molecule has 0 aliphatic carbocycles. The molecule has 6 rings (SSSR count). The fourth-order valence-electron chi connectivity index (χ4n) is 5.84. The van der Waals surface area contributed by atoms with Gasteiger partial charge in [-0.3, -0.25) is 4.72 Å². The van der Waals surface area contributed by atoms with Crippen molar-refractivity contribution in [1.82, 2.24) is 4.98 Å². The zero-order chi connectivity index (χ0) is 40.6. The number of amides is 2. The maximum absolute atomic E-state index is 13.5. The number of carbonyl (C=O) groups is 1. The van der Waals surface area contributed by atoms with Crippen molar-refractivity contribution >= 4 is 55.4 Å². The minimum atomic E-state index is -3.64. The van der Waals surface area contributed by atoms with Crippen molar-refractivity contribution in [3.05, 3.63) is 115 Å². The quantitative estimate of drug-likeness (QED) is 0.0688. The third kappa shape index (κ3) is 10.9. The van der Waals surface area contributed by atoms with Gasteiger partial charge in [-0.15, -0.1) is 0 Å². The summed E-state index contributed by atoms with van der Waals surface area (Å²) in [6.45, 7) is 7.01. The number of anilines is 5. The van der Waals surface area contributed by atoms with E-state index in [1.807, 2.05) is 69.3 Å². The molecule has 57 heavy (non-hydrogen) atoms. The molecule has 6 aromatic rings. The second-order valence-corrected chi connectivity index (χ2v) is 15.7. The molecule has 0 fully saturated rings. The maximum atomic E-state index is 13.5. The summed E-state index contributed by atoms with van der Waals surface area (Å²) in [5.41, 5.74) is 2.14. The zero-order valence-corrected chi connectivity index (χ0v) is 33.3. The van der Waals surface area contributed by atoms with E-state index in [-0.39, 0.29) is 16.9 Å². The van der Waals surface area contributed by atoms with Gasteiger partial charge in [0.2, 0.25) is 10.0 Å². The van der Waals surface area contributed by atoms with Crippen LogP contribution in [0.3, 0.4) is 0 Å². The Morgan fingerprint density at radius 1 is 0.789 bits per heavy atom. The Morgan fingerprint density at radius 2 is 1.54 bits per heavy atom. The molecular formula is C42H45N5O9S. The van der Waals surface area contributed by atoms with Gasteiger partial charge in [0.05, 0.1) is 50.4 Å². The van der Waals surface area contributed by atoms with Crippen molar-refractivity contribution in [2.45, 2.75) is 32.8 Å². The number of methoxy groups -OCH3 is 2. The highest BCUT2D eigenvalue weighted by molar-refractivity contribution is 7.92. The highest BCUT2D eigenvalue weighted by atomic mass is 32.2. The van der Waals surface area contributed by atoms with Gasteiger partial charge >= 0.3 is 6.03 Å². The minimum absolute atomic E-state index is 0.173. The summed E-state index contributed by atoms with van der Waals surface area (Å²) in [5, 5.41) is 10.5. The number of sulfonamides is 1. The standard InChI is InChI=1S/C42H45N5O9S/c1-42(2,3)27-20-36(40(52-5)37(21-27)47-57(6,49)50)46-41(48)45-35-13-14-38(34-12-8-7-11-33(34)35)56-29-15-16-43-39(25-29)44-28-22-31(51-4)24-32(23-28)55-19-18-53-26-30-10-9-17-54-30/h7-17,20-25,47H,18-19,26H2,1-6H3,(H,43,44)(H2,45,46,48). The van der Waals surface area contributed by atoms with Crippen LogP contribution in [-0.4, -0.2) is 53.1 Å². The van der Waals surface area contributed by atoms with Gasteiger partial charge in [0.25, 0.3) is 0 Å². The predicted octanol–water partition coefficient (Wildman–Crippen LogP) is 9.29. The number of aromatic nitrogens is 1. The number of hydrogen-bond acceptors (Lipinski definition) is 11. The van der Waals surface area contributed by atoms with E-state index in [0.717, 1.165) is 28.4 Å². The maximum Gasteiger partial charge on any atom is 0.323 e. The van der Waals surface area contributed by atoms with Gasteiger partial charge in [0, 0.05) is 46.9 Å². The number of furan rings is 1. The molecule has 298 valence electrons. The van der Waals surface area contributed by atoms with Gasteiger partial charge in [-0.05, 0) is 53.4 Å². The Kier molecular flexibility index (Phi) is 12.4. The van der Waals surface area contributed by atoms with Crippen LogP contribution in [0.15, 0.2) is 108 Å². The lowest BCUT2D eigenvalue weighted by Crippen LogP contribution is -2.22. The number of nitrogens with one attached hydrogen (secondary N) is 4. The average Bonchev–Trinajstić information content (AvgIpc) is 3.68. The fourth-order valence-corrected chi connectivity index (χ4v) is 6.40. The van der Waals surface area contributed by atoms with Gasteiger partial charge in [-0.1, -0.05) is 45.0 Å². The molecule has 14 nitrogen and oxygen atoms in total. The number of pyridine rings is 1. The zero-order valence-electron chi connectivity index (χ0n) is 32.5. The first-order chi connectivity index (χ1) is 27.3. The van der Waals surface area contributed by atoms with E-state index in [1.54, 1.807) is 62.0 Å². The molecule has 0 unspecified atom stereocenters. The predicted molar refractivity (Wildman–Crippen MR) is 221 cm³/mol. The van der Waals surface area contributed by atoms with E-state index in [2.05, 4.69) is 25.7 Å². The Morgan fingerprint density at radius 3 is 2.26 bits per heavy atom. The molecule has 2 aromatic heterocycles. The average molecular weight is 796 g/mol. The summed E-state index contributed by atoms with van der Waals surface area (Å²) < 4.78 is 61.1. The number of rotatable bonds is 16. The SMILES string of the molecule is COc1cc(Nc2cc(Oc3ccc(NC(=O)Nc4cc(C(C)(C)C)cc(NS(C)(=O)=O)c4OC)c4ccccc34)ccn2)cc(OCCOCc2ccco2)c1. The number of fused-ring (bicyclic) bond motifs is 1. The van der Waals surface area contributed by atoms with Crippen molar-refractivity contribution in [3.8, 4) is 28.7 Å². The van der Waals surface area contributed by atoms with Crippen LogP contribution in [0.2, 0.25) is 0 Å². The van der Waals surface area contributed by atoms with Crippen LogP contribution < -0.4 is 39.6 Å². The summed E-state index contributed by atoms with van der Waals surface area (Å²) in [5.74, 6) is 3.70. The summed E-state index contributed by atoms with van der Waals surface area (Å²) in [6.07, 6.45) is 4.29. The number of nitrogens with zero attached hydrogens (tertiary/aromatic N) is 1. The number of hydrogen-bond donors (Lipinski definition) is 4. The summed E-state index contributed by atoms with van der Waals surface area (Å²) in [7, 11) is -0.649. The summed E-state index contributed by atoms with van der Waals surface area (Å²) in [4.78, 5) is 18.0. The van der Waals surface area contributed by atoms with E-state index >= 15 is 0 Å². The van der Waals surface area contributed by atoms with E-state index in [0.29, 0.717) is 65.7 Å². The largest absolute Gasteiger partial charge is 0.497 e. The van der Waals surface area contributed by atoms with E-state index in [4.69, 9.17) is 28.1 Å². The second kappa shape index (κ2) is 17.6. The van der Waals surface area contributed by atoms with E-state index < -0.39 is 16.1 Å². The smallest absolute Gasteiger partial charge is 0.323 e. The Labute approximate surface area is 331 Å². The van der Waals surface area contributed by atoms with E-state index in [9.17, 15) is 13.2 Å². The number of benzene rings is 4. The van der Waals surface area contributed by atoms with Crippen molar-refractivity contribution in [3.63, 3.8) is 0 Å². The highest BCUT2D eigenvalue weighted by Gasteiger charge is 2.22. The molecule has 4 aromatic carbocycles. The first-order valence-corrected chi connectivity index (χ1v) is 19.8. The normalized spacial score (nSPS) is 11.5. The highest BCUT2D eigenvalue weighted by Crippen LogP contribution is 2.40. The molecule has 15 heteroatoms. The van der Waals surface area contributed by atoms with Crippen molar-refractivity contribution < 1.29 is 41.3 Å². The van der Waals surface area contributed by atoms with Gasteiger partial charge < -0.3 is 44.1 Å². The molecule has 2 amide bonds. The Balaban J connectivity index is 1.16. The molecule has 0 atom stereocenters. The topological polar surface area (TPSA) is 172 Å². The molecular weight excluding hydrogens is 751 g/mol. The fraction of sp³-hybridized carbons (Fsp3) is 0.238. The lowest BCUT2D eigenvalue weighted by molar-refractivity contribution is 0.0781. The lowest BCUT2D eigenvalue weighted by Gasteiger charge is -2.24. The van der Waals surface area contributed by atoms with Crippen LogP contribution >= 0.6 is 0 Å². The second-order valence-electron chi connectivity index (χ2n) is 13.9. The van der Waals surface area contributed by atoms with Crippen LogP contribution in [-0.2, 0) is 26.8 Å². The summed E-state index contributed by atoms with van der Waals surface area (Å²) in [6, 6.07) is 26.6. The van der Waals surface area contributed by atoms with Crippen LogP contribution in [0.4, 0.5) is 33.4 Å². The molecule has 0 spiro atoms. The van der Waals surface area contributed by atoms with E-state index in [1.165, 1.54) is 7.11 Å². The van der Waals surface area contributed by atoms with Gasteiger partial charge in [0.15, 0.2) is 5.75 Å².